The number of aromatic amines is 1. The van der Waals surface area contributed by atoms with Gasteiger partial charge in [0.25, 0.3) is 0 Å². The first kappa shape index (κ1) is 13.0. The van der Waals surface area contributed by atoms with E-state index in [4.69, 9.17) is 5.73 Å². The summed E-state index contributed by atoms with van der Waals surface area (Å²) in [5, 5.41) is 0. The van der Waals surface area contributed by atoms with Crippen LogP contribution in [0, 0.1) is 0 Å². The van der Waals surface area contributed by atoms with Gasteiger partial charge in [-0.1, -0.05) is 12.8 Å². The number of alkyl halides is 3. The summed E-state index contributed by atoms with van der Waals surface area (Å²) in [6.07, 6.45) is 0.861. The Morgan fingerprint density at radius 1 is 1.19 bits per heavy atom. The number of rotatable bonds is 6. The first-order valence-corrected chi connectivity index (χ1v) is 5.35. The lowest BCUT2D eigenvalue weighted by molar-refractivity contribution is -0.140. The van der Waals surface area contributed by atoms with E-state index in [2.05, 4.69) is 9.97 Å². The van der Waals surface area contributed by atoms with Gasteiger partial charge < -0.3 is 10.7 Å². The fraction of sp³-hybridized carbons (Fsp3) is 0.700. The topological polar surface area (TPSA) is 54.7 Å². The Hall–Kier alpha value is -1.04. The highest BCUT2D eigenvalue weighted by atomic mass is 19.4. The van der Waals surface area contributed by atoms with Crippen LogP contribution in [-0.2, 0) is 12.6 Å². The Kier molecular flexibility index (Phi) is 4.79. The molecule has 0 fully saturated rings. The van der Waals surface area contributed by atoms with E-state index in [1.54, 1.807) is 0 Å². The number of nitrogens with one attached hydrogen (secondary N) is 1. The molecule has 3 nitrogen and oxygen atoms in total. The highest BCUT2D eigenvalue weighted by molar-refractivity contribution is 5.05. The lowest BCUT2D eigenvalue weighted by atomic mass is 10.1. The van der Waals surface area contributed by atoms with Crippen molar-refractivity contribution in [1.82, 2.24) is 9.97 Å². The van der Waals surface area contributed by atoms with E-state index in [-0.39, 0.29) is 0 Å². The Balaban J connectivity index is 2.30. The monoisotopic (exact) mass is 235 g/mol. The molecule has 3 N–H and O–H groups in total. The molecule has 0 unspecified atom stereocenters. The summed E-state index contributed by atoms with van der Waals surface area (Å²) in [4.78, 5) is 5.98. The summed E-state index contributed by atoms with van der Waals surface area (Å²) in [7, 11) is 0. The molecule has 0 aliphatic rings. The number of nitrogens with two attached hydrogens (primary N) is 1. The number of hydrogen-bond acceptors (Lipinski definition) is 2. The Morgan fingerprint density at radius 2 is 1.88 bits per heavy atom. The van der Waals surface area contributed by atoms with Crippen LogP contribution in [0.3, 0.4) is 0 Å². The van der Waals surface area contributed by atoms with E-state index in [1.165, 1.54) is 0 Å². The van der Waals surface area contributed by atoms with Gasteiger partial charge in [0.05, 0.1) is 6.20 Å². The zero-order chi connectivity index (χ0) is 12.0. The Morgan fingerprint density at radius 3 is 2.44 bits per heavy atom. The third-order valence-electron chi connectivity index (χ3n) is 2.30. The van der Waals surface area contributed by atoms with Crippen molar-refractivity contribution >= 4 is 0 Å². The Labute approximate surface area is 92.3 Å². The molecule has 0 spiro atoms. The summed E-state index contributed by atoms with van der Waals surface area (Å²) in [5.41, 5.74) is 4.56. The minimum Gasteiger partial charge on any atom is -0.338 e. The SMILES string of the molecule is NCCCCCCc1ncc(C(F)(F)F)[nH]1. The molecule has 0 amide bonds. The normalized spacial score (nSPS) is 12.0. The van der Waals surface area contributed by atoms with Gasteiger partial charge in [0.15, 0.2) is 0 Å². The van der Waals surface area contributed by atoms with E-state index in [9.17, 15) is 13.2 Å². The molecule has 0 bridgehead atoms. The molecule has 0 saturated carbocycles. The Bertz CT molecular complexity index is 307. The fourth-order valence-electron chi connectivity index (χ4n) is 1.42. The van der Waals surface area contributed by atoms with Crippen molar-refractivity contribution in [3.8, 4) is 0 Å². The molecule has 92 valence electrons. The summed E-state index contributed by atoms with van der Waals surface area (Å²) in [6.45, 7) is 0.666. The average molecular weight is 235 g/mol. The second-order valence-corrected chi connectivity index (χ2v) is 3.69. The van der Waals surface area contributed by atoms with Crippen LogP contribution in [0.1, 0.15) is 37.2 Å². The van der Waals surface area contributed by atoms with Gasteiger partial charge in [-0.2, -0.15) is 13.2 Å². The van der Waals surface area contributed by atoms with Crippen molar-refractivity contribution in [3.05, 3.63) is 17.7 Å². The zero-order valence-electron chi connectivity index (χ0n) is 8.98. The third-order valence-corrected chi connectivity index (χ3v) is 2.30. The number of aryl methyl sites for hydroxylation is 1. The van der Waals surface area contributed by atoms with E-state index in [0.29, 0.717) is 18.8 Å². The van der Waals surface area contributed by atoms with Gasteiger partial charge >= 0.3 is 6.18 Å². The highest BCUT2D eigenvalue weighted by Gasteiger charge is 2.32. The van der Waals surface area contributed by atoms with Gasteiger partial charge in [0.2, 0.25) is 0 Å². The fourth-order valence-corrected chi connectivity index (χ4v) is 1.42. The van der Waals surface area contributed by atoms with E-state index < -0.39 is 11.9 Å². The van der Waals surface area contributed by atoms with Gasteiger partial charge in [-0.15, -0.1) is 0 Å². The summed E-state index contributed by atoms with van der Waals surface area (Å²) in [5.74, 6) is 0.403. The number of H-pyrrole nitrogens is 1. The number of halogens is 3. The molecule has 0 saturated heterocycles. The first-order chi connectivity index (χ1) is 7.54. The first-order valence-electron chi connectivity index (χ1n) is 5.35. The average Bonchev–Trinajstić information content (AvgIpc) is 2.65. The van der Waals surface area contributed by atoms with Crippen molar-refractivity contribution in [2.24, 2.45) is 5.73 Å². The van der Waals surface area contributed by atoms with E-state index in [0.717, 1.165) is 31.9 Å². The maximum absolute atomic E-state index is 12.2. The van der Waals surface area contributed by atoms with Crippen LogP contribution >= 0.6 is 0 Å². The molecule has 1 heterocycles. The molecule has 6 heteroatoms. The van der Waals surface area contributed by atoms with Crippen LogP contribution < -0.4 is 5.73 Å². The number of unbranched alkanes of at least 4 members (excludes halogenated alkanes) is 3. The zero-order valence-corrected chi connectivity index (χ0v) is 8.98. The predicted octanol–water partition coefficient (Wildman–Crippen LogP) is 2.49. The van der Waals surface area contributed by atoms with Crippen molar-refractivity contribution in [1.29, 1.82) is 0 Å². The van der Waals surface area contributed by atoms with Crippen molar-refractivity contribution < 1.29 is 13.2 Å². The minimum absolute atomic E-state index is 0.403. The lowest BCUT2D eigenvalue weighted by Gasteiger charge is -2.01. The van der Waals surface area contributed by atoms with E-state index >= 15 is 0 Å². The van der Waals surface area contributed by atoms with Gasteiger partial charge in [0.1, 0.15) is 11.5 Å². The molecule has 1 aromatic rings. The quantitative estimate of drug-likeness (QED) is 0.744. The summed E-state index contributed by atoms with van der Waals surface area (Å²) in [6, 6.07) is 0. The second kappa shape index (κ2) is 5.89. The number of imidazole rings is 1. The lowest BCUT2D eigenvalue weighted by Crippen LogP contribution is -2.05. The predicted molar refractivity (Wildman–Crippen MR) is 54.8 cm³/mol. The minimum atomic E-state index is -4.33. The van der Waals surface area contributed by atoms with Crippen LogP contribution in [-0.4, -0.2) is 16.5 Å². The summed E-state index contributed by atoms with van der Waals surface area (Å²) >= 11 is 0. The van der Waals surface area contributed by atoms with Crippen molar-refractivity contribution in [3.63, 3.8) is 0 Å². The van der Waals surface area contributed by atoms with Crippen molar-refractivity contribution in [2.75, 3.05) is 6.54 Å². The smallest absolute Gasteiger partial charge is 0.338 e. The van der Waals surface area contributed by atoms with E-state index in [1.807, 2.05) is 0 Å². The molecule has 0 aromatic carbocycles. The molecular weight excluding hydrogens is 219 g/mol. The molecule has 1 aromatic heterocycles. The number of aromatic nitrogens is 2. The molecule has 0 atom stereocenters. The van der Waals surface area contributed by atoms with Crippen LogP contribution in [0.5, 0.6) is 0 Å². The molecule has 0 aliphatic carbocycles. The molecular formula is C10H16F3N3. The largest absolute Gasteiger partial charge is 0.432 e. The number of hydrogen-bond donors (Lipinski definition) is 2. The maximum atomic E-state index is 12.2. The maximum Gasteiger partial charge on any atom is 0.432 e. The molecule has 1 rings (SSSR count). The number of nitrogens with zero attached hydrogens (tertiary/aromatic N) is 1. The second-order valence-electron chi connectivity index (χ2n) is 3.69. The molecule has 0 radical (unpaired) electrons. The highest BCUT2D eigenvalue weighted by Crippen LogP contribution is 2.27. The summed E-state index contributed by atoms with van der Waals surface area (Å²) < 4.78 is 36.6. The third kappa shape index (κ3) is 4.22. The standard InChI is InChI=1S/C10H16F3N3/c11-10(12,13)8-7-15-9(16-8)5-3-1-2-4-6-14/h7H,1-6,14H2,(H,15,16). The molecule has 0 aliphatic heterocycles. The van der Waals surface area contributed by atoms with Crippen LogP contribution in [0.15, 0.2) is 6.20 Å². The van der Waals surface area contributed by atoms with Gasteiger partial charge in [0, 0.05) is 6.42 Å². The van der Waals surface area contributed by atoms with Crippen LogP contribution in [0.25, 0.3) is 0 Å². The van der Waals surface area contributed by atoms with Crippen LogP contribution in [0.4, 0.5) is 13.2 Å². The van der Waals surface area contributed by atoms with Gasteiger partial charge in [-0.3, -0.25) is 0 Å². The molecule has 16 heavy (non-hydrogen) atoms. The van der Waals surface area contributed by atoms with Gasteiger partial charge in [-0.05, 0) is 19.4 Å². The van der Waals surface area contributed by atoms with Gasteiger partial charge in [-0.25, -0.2) is 4.98 Å². The van der Waals surface area contributed by atoms with Crippen LogP contribution in [0.2, 0.25) is 0 Å². The van der Waals surface area contributed by atoms with Crippen molar-refractivity contribution in [2.45, 2.75) is 38.3 Å².